The highest BCUT2D eigenvalue weighted by Crippen LogP contribution is 2.25. The van der Waals surface area contributed by atoms with Crippen molar-refractivity contribution in [2.45, 2.75) is 19.8 Å². The van der Waals surface area contributed by atoms with Gasteiger partial charge >= 0.3 is 0 Å². The minimum atomic E-state index is -0.206. The Morgan fingerprint density at radius 2 is 1.73 bits per heavy atom. The van der Waals surface area contributed by atoms with E-state index >= 15 is 0 Å². The van der Waals surface area contributed by atoms with Gasteiger partial charge in [0.15, 0.2) is 5.13 Å². The Morgan fingerprint density at radius 1 is 1.03 bits per heavy atom. The summed E-state index contributed by atoms with van der Waals surface area (Å²) in [5.74, 6) is 0.539. The first-order valence-electron chi connectivity index (χ1n) is 11.1. The molecule has 33 heavy (non-hydrogen) atoms. The van der Waals surface area contributed by atoms with E-state index < -0.39 is 0 Å². The van der Waals surface area contributed by atoms with Crippen LogP contribution in [0.4, 0.5) is 10.8 Å². The van der Waals surface area contributed by atoms with Crippen LogP contribution >= 0.6 is 11.3 Å². The van der Waals surface area contributed by atoms with Gasteiger partial charge in [0.2, 0.25) is 11.8 Å². The molecule has 2 aliphatic rings. The van der Waals surface area contributed by atoms with Crippen molar-refractivity contribution in [3.8, 4) is 5.75 Å². The quantitative estimate of drug-likeness (QED) is 0.720. The Kier molecular flexibility index (Phi) is 7.12. The second kappa shape index (κ2) is 10.2. The number of benzene rings is 1. The minimum absolute atomic E-state index is 0.0423. The number of thiazole rings is 1. The van der Waals surface area contributed by atoms with E-state index in [2.05, 4.69) is 10.3 Å². The number of hydrogen-bond donors (Lipinski definition) is 1. The van der Waals surface area contributed by atoms with E-state index in [-0.39, 0.29) is 23.6 Å². The first kappa shape index (κ1) is 23.0. The molecule has 3 heterocycles. The average molecular weight is 472 g/mol. The summed E-state index contributed by atoms with van der Waals surface area (Å²) in [6.07, 6.45) is 1.56. The van der Waals surface area contributed by atoms with Crippen LogP contribution in [0.15, 0.2) is 29.6 Å². The third-order valence-electron chi connectivity index (χ3n) is 6.16. The SMILES string of the molecule is COc1ccc(Nc2nc(C(=O)N3CCC[C@H](C(=O)N4CCN(C(C)=O)CC4)C3)cs2)cc1. The number of ether oxygens (including phenoxy) is 1. The molecule has 2 fully saturated rings. The molecule has 0 saturated carbocycles. The fraction of sp³-hybridized carbons (Fsp3) is 0.478. The first-order chi connectivity index (χ1) is 15.9. The fourth-order valence-electron chi connectivity index (χ4n) is 4.25. The second-order valence-electron chi connectivity index (χ2n) is 8.31. The number of aromatic nitrogens is 1. The van der Waals surface area contributed by atoms with E-state index in [1.165, 1.54) is 11.3 Å². The summed E-state index contributed by atoms with van der Waals surface area (Å²) in [5, 5.41) is 5.59. The lowest BCUT2D eigenvalue weighted by Crippen LogP contribution is -2.53. The zero-order valence-corrected chi connectivity index (χ0v) is 19.8. The van der Waals surface area contributed by atoms with Crippen molar-refractivity contribution < 1.29 is 19.1 Å². The molecule has 1 N–H and O–H groups in total. The highest BCUT2D eigenvalue weighted by Gasteiger charge is 2.33. The van der Waals surface area contributed by atoms with Gasteiger partial charge in [0.05, 0.1) is 13.0 Å². The summed E-state index contributed by atoms with van der Waals surface area (Å²) in [6.45, 7) is 4.82. The van der Waals surface area contributed by atoms with Crippen LogP contribution in [0.5, 0.6) is 5.75 Å². The topological polar surface area (TPSA) is 95.1 Å². The number of nitrogens with zero attached hydrogens (tertiary/aromatic N) is 4. The molecule has 4 rings (SSSR count). The Bertz CT molecular complexity index is 1000. The van der Waals surface area contributed by atoms with Crippen LogP contribution in [0.1, 0.15) is 30.3 Å². The number of hydrogen-bond acceptors (Lipinski definition) is 7. The predicted molar refractivity (Wildman–Crippen MR) is 126 cm³/mol. The maximum atomic E-state index is 13.1. The van der Waals surface area contributed by atoms with Gasteiger partial charge in [0.1, 0.15) is 11.4 Å². The maximum absolute atomic E-state index is 13.1. The van der Waals surface area contributed by atoms with E-state index in [4.69, 9.17) is 4.74 Å². The maximum Gasteiger partial charge on any atom is 0.273 e. The molecule has 1 aromatic carbocycles. The van der Waals surface area contributed by atoms with E-state index in [9.17, 15) is 14.4 Å². The Balaban J connectivity index is 1.34. The molecule has 0 bridgehead atoms. The molecule has 1 aromatic heterocycles. The van der Waals surface area contributed by atoms with Crippen LogP contribution in [-0.4, -0.2) is 83.8 Å². The average Bonchev–Trinajstić information content (AvgIpc) is 3.32. The van der Waals surface area contributed by atoms with Gasteiger partial charge in [-0.05, 0) is 37.1 Å². The predicted octanol–water partition coefficient (Wildman–Crippen LogP) is 2.44. The molecule has 0 radical (unpaired) electrons. The second-order valence-corrected chi connectivity index (χ2v) is 9.17. The monoisotopic (exact) mass is 471 g/mol. The highest BCUT2D eigenvalue weighted by molar-refractivity contribution is 7.14. The number of nitrogens with one attached hydrogen (secondary N) is 1. The summed E-state index contributed by atoms with van der Waals surface area (Å²) < 4.78 is 5.17. The van der Waals surface area contributed by atoms with E-state index in [1.54, 1.807) is 29.2 Å². The smallest absolute Gasteiger partial charge is 0.273 e. The number of rotatable bonds is 5. The van der Waals surface area contributed by atoms with Crippen molar-refractivity contribution in [3.05, 3.63) is 35.3 Å². The van der Waals surface area contributed by atoms with Crippen molar-refractivity contribution >= 4 is 39.9 Å². The summed E-state index contributed by atoms with van der Waals surface area (Å²) in [6, 6.07) is 7.48. The molecular weight excluding hydrogens is 442 g/mol. The third kappa shape index (κ3) is 5.44. The molecule has 2 aromatic rings. The van der Waals surface area contributed by atoms with Crippen molar-refractivity contribution in [1.82, 2.24) is 19.7 Å². The van der Waals surface area contributed by atoms with Crippen molar-refractivity contribution in [3.63, 3.8) is 0 Å². The number of methoxy groups -OCH3 is 1. The summed E-state index contributed by atoms with van der Waals surface area (Å²) in [4.78, 5) is 47.4. The Hall–Kier alpha value is -3.14. The van der Waals surface area contributed by atoms with Gasteiger partial charge in [-0.25, -0.2) is 4.98 Å². The fourth-order valence-corrected chi connectivity index (χ4v) is 4.96. The number of likely N-dealkylation sites (tertiary alicyclic amines) is 1. The summed E-state index contributed by atoms with van der Waals surface area (Å²) in [5.41, 5.74) is 1.25. The van der Waals surface area contributed by atoms with Crippen LogP contribution in [0.2, 0.25) is 0 Å². The lowest BCUT2D eigenvalue weighted by Gasteiger charge is -2.38. The van der Waals surface area contributed by atoms with Crippen LogP contribution in [-0.2, 0) is 9.59 Å². The number of piperidine rings is 1. The van der Waals surface area contributed by atoms with Gasteiger partial charge in [0, 0.05) is 57.3 Å². The van der Waals surface area contributed by atoms with Gasteiger partial charge in [-0.3, -0.25) is 14.4 Å². The number of amides is 3. The number of carbonyl (C=O) groups excluding carboxylic acids is 3. The standard InChI is InChI=1S/C23H29N5O4S/c1-16(29)26-10-12-27(13-11-26)21(30)17-4-3-9-28(14-17)22(31)20-15-33-23(25-20)24-18-5-7-19(32-2)8-6-18/h5-8,15,17H,3-4,9-14H2,1-2H3,(H,24,25)/t17-/m0/s1. The minimum Gasteiger partial charge on any atom is -0.497 e. The summed E-state index contributed by atoms with van der Waals surface area (Å²) in [7, 11) is 1.62. The van der Waals surface area contributed by atoms with E-state index in [0.29, 0.717) is 50.1 Å². The zero-order chi connectivity index (χ0) is 23.4. The first-order valence-corrected chi connectivity index (χ1v) is 12.0. The molecule has 0 unspecified atom stereocenters. The van der Waals surface area contributed by atoms with Crippen LogP contribution in [0.25, 0.3) is 0 Å². The highest BCUT2D eigenvalue weighted by atomic mass is 32.1. The van der Waals surface area contributed by atoms with Crippen molar-refractivity contribution in [2.24, 2.45) is 5.92 Å². The molecule has 0 aliphatic carbocycles. The Labute approximate surface area is 197 Å². The normalized spacial score (nSPS) is 18.7. The van der Waals surface area contributed by atoms with E-state index in [0.717, 1.165) is 24.3 Å². The van der Waals surface area contributed by atoms with Crippen molar-refractivity contribution in [2.75, 3.05) is 51.7 Å². The number of piperazine rings is 1. The van der Waals surface area contributed by atoms with Gasteiger partial charge in [-0.1, -0.05) is 0 Å². The molecule has 1 atom stereocenters. The van der Waals surface area contributed by atoms with Crippen LogP contribution in [0, 0.1) is 5.92 Å². The lowest BCUT2D eigenvalue weighted by molar-refractivity contribution is -0.142. The molecule has 2 saturated heterocycles. The molecule has 10 heteroatoms. The lowest BCUT2D eigenvalue weighted by atomic mass is 9.96. The van der Waals surface area contributed by atoms with Crippen LogP contribution in [0.3, 0.4) is 0 Å². The van der Waals surface area contributed by atoms with E-state index in [1.807, 2.05) is 29.2 Å². The molecule has 3 amide bonds. The Morgan fingerprint density at radius 3 is 2.39 bits per heavy atom. The molecule has 9 nitrogen and oxygen atoms in total. The molecule has 2 aliphatic heterocycles. The summed E-state index contributed by atoms with van der Waals surface area (Å²) >= 11 is 1.37. The third-order valence-corrected chi connectivity index (χ3v) is 6.92. The molecule has 0 spiro atoms. The van der Waals surface area contributed by atoms with Gasteiger partial charge < -0.3 is 24.8 Å². The number of anilines is 2. The van der Waals surface area contributed by atoms with Gasteiger partial charge in [-0.15, -0.1) is 11.3 Å². The zero-order valence-electron chi connectivity index (χ0n) is 19.0. The van der Waals surface area contributed by atoms with Gasteiger partial charge in [-0.2, -0.15) is 0 Å². The number of carbonyl (C=O) groups is 3. The molecule has 176 valence electrons. The molecular formula is C23H29N5O4S. The van der Waals surface area contributed by atoms with Crippen LogP contribution < -0.4 is 10.1 Å². The largest absolute Gasteiger partial charge is 0.497 e. The van der Waals surface area contributed by atoms with Gasteiger partial charge in [0.25, 0.3) is 5.91 Å². The van der Waals surface area contributed by atoms with Crippen molar-refractivity contribution in [1.29, 1.82) is 0 Å².